The van der Waals surface area contributed by atoms with E-state index in [2.05, 4.69) is 68.4 Å². The molecule has 1 heterocycles. The molecule has 0 bridgehead atoms. The van der Waals surface area contributed by atoms with Gasteiger partial charge in [0.25, 0.3) is 0 Å². The maximum Gasteiger partial charge on any atom is 0.209 e. The van der Waals surface area contributed by atoms with E-state index in [4.69, 9.17) is 0 Å². The molecule has 0 saturated heterocycles. The van der Waals surface area contributed by atoms with E-state index in [0.717, 1.165) is 24.3 Å². The lowest BCUT2D eigenvalue weighted by molar-refractivity contribution is 0.584. The fraction of sp³-hybridized carbons (Fsp3) is 0.440. The molecule has 1 aliphatic rings. The molecule has 0 unspecified atom stereocenters. The van der Waals surface area contributed by atoms with Gasteiger partial charge >= 0.3 is 0 Å². The Kier molecular flexibility index (Phi) is 8.29. The molecule has 1 N–H and O–H groups in total. The van der Waals surface area contributed by atoms with Crippen LogP contribution in [0.4, 0.5) is 0 Å². The highest BCUT2D eigenvalue weighted by atomic mass is 15.2. The van der Waals surface area contributed by atoms with Gasteiger partial charge in [-0.3, -0.25) is 9.56 Å². The van der Waals surface area contributed by atoms with E-state index in [-0.39, 0.29) is 0 Å². The number of aromatic nitrogens is 1. The van der Waals surface area contributed by atoms with Crippen LogP contribution in [-0.4, -0.2) is 31.0 Å². The Hall–Kier alpha value is -2.62. The van der Waals surface area contributed by atoms with Crippen LogP contribution in [-0.2, 0) is 0 Å². The van der Waals surface area contributed by atoms with E-state index in [1.54, 1.807) is 13.4 Å². The van der Waals surface area contributed by atoms with Gasteiger partial charge < -0.3 is 5.32 Å². The minimum Gasteiger partial charge on any atom is -0.358 e. The quantitative estimate of drug-likeness (QED) is 0.452. The first kappa shape index (κ1) is 21.1. The molecule has 0 radical (unpaired) electrons. The van der Waals surface area contributed by atoms with Crippen molar-refractivity contribution >= 4 is 35.4 Å². The summed E-state index contributed by atoms with van der Waals surface area (Å²) in [4.78, 5) is 8.59. The summed E-state index contributed by atoms with van der Waals surface area (Å²) in [5.41, 5.74) is 3.60. The van der Waals surface area contributed by atoms with Gasteiger partial charge in [-0.25, -0.2) is 4.99 Å². The number of para-hydroxylation sites is 1. The normalized spacial score (nSPS) is 19.4. The zero-order valence-electron chi connectivity index (χ0n) is 17.9. The predicted molar refractivity (Wildman–Crippen MR) is 128 cm³/mol. The highest BCUT2D eigenvalue weighted by Gasteiger charge is 2.16. The summed E-state index contributed by atoms with van der Waals surface area (Å²) >= 11 is 0. The minimum absolute atomic E-state index is 0.781. The average Bonchev–Trinajstić information content (AvgIpc) is 3.04. The monoisotopic (exact) mass is 390 g/mol. The third-order valence-corrected chi connectivity index (χ3v) is 5.48. The van der Waals surface area contributed by atoms with Crippen LogP contribution in [0, 0.1) is 0 Å². The Bertz CT molecular complexity index is 899. The summed E-state index contributed by atoms with van der Waals surface area (Å²) in [6, 6.07) is 8.58. The van der Waals surface area contributed by atoms with Gasteiger partial charge in [0.15, 0.2) is 0 Å². The molecule has 1 aliphatic carbocycles. The average molecular weight is 391 g/mol. The van der Waals surface area contributed by atoms with Crippen LogP contribution >= 0.6 is 0 Å². The smallest absolute Gasteiger partial charge is 0.209 e. The van der Waals surface area contributed by atoms with Gasteiger partial charge in [0.05, 0.1) is 11.2 Å². The predicted octanol–water partition coefficient (Wildman–Crippen LogP) is 6.27. The van der Waals surface area contributed by atoms with Crippen molar-refractivity contribution in [1.29, 1.82) is 0 Å². The number of allylic oxidation sites excluding steroid dienone is 2. The molecule has 2 aromatic rings. The Labute approximate surface area is 175 Å². The fourth-order valence-electron chi connectivity index (χ4n) is 4.00. The van der Waals surface area contributed by atoms with Crippen molar-refractivity contribution in [2.24, 2.45) is 9.98 Å². The Morgan fingerprint density at radius 2 is 1.59 bits per heavy atom. The molecule has 154 valence electrons. The van der Waals surface area contributed by atoms with Crippen molar-refractivity contribution in [3.05, 3.63) is 47.7 Å². The lowest BCUT2D eigenvalue weighted by Gasteiger charge is -2.11. The van der Waals surface area contributed by atoms with Crippen LogP contribution in [0.5, 0.6) is 0 Å². The van der Waals surface area contributed by atoms with Crippen molar-refractivity contribution in [2.45, 2.75) is 57.8 Å². The van der Waals surface area contributed by atoms with Crippen molar-refractivity contribution in [3.8, 4) is 0 Å². The van der Waals surface area contributed by atoms with Crippen LogP contribution < -0.4 is 5.32 Å². The first-order valence-corrected chi connectivity index (χ1v) is 11.0. The molecule has 0 amide bonds. The first-order valence-electron chi connectivity index (χ1n) is 11.0. The molecule has 4 heteroatoms. The number of rotatable bonds is 1. The number of fused-ring (bicyclic) bond motifs is 3. The van der Waals surface area contributed by atoms with Gasteiger partial charge in [-0.2, -0.15) is 0 Å². The highest BCUT2D eigenvalue weighted by Crippen LogP contribution is 2.29. The fourth-order valence-corrected chi connectivity index (χ4v) is 4.00. The summed E-state index contributed by atoms with van der Waals surface area (Å²) in [7, 11) is 3.65. The number of hydrogen-bond acceptors (Lipinski definition) is 1. The summed E-state index contributed by atoms with van der Waals surface area (Å²) in [6.45, 7) is 0. The van der Waals surface area contributed by atoms with Gasteiger partial charge in [0.2, 0.25) is 5.96 Å². The van der Waals surface area contributed by atoms with E-state index >= 15 is 0 Å². The van der Waals surface area contributed by atoms with E-state index in [1.165, 1.54) is 61.6 Å². The lowest BCUT2D eigenvalue weighted by Crippen LogP contribution is -2.27. The van der Waals surface area contributed by atoms with Crippen molar-refractivity contribution in [2.75, 3.05) is 14.1 Å². The molecule has 1 aromatic heterocycles. The van der Waals surface area contributed by atoms with Crippen LogP contribution in [0.1, 0.15) is 69.0 Å². The molecule has 4 nitrogen and oxygen atoms in total. The number of benzene rings is 1. The maximum absolute atomic E-state index is 4.55. The molecule has 0 spiro atoms. The van der Waals surface area contributed by atoms with Crippen LogP contribution in [0.15, 0.2) is 46.4 Å². The molecule has 0 saturated carbocycles. The number of aliphatic imine (C=N–C) groups is 2. The maximum atomic E-state index is 4.55. The second-order valence-electron chi connectivity index (χ2n) is 7.58. The van der Waals surface area contributed by atoms with Crippen LogP contribution in [0.25, 0.3) is 23.1 Å². The van der Waals surface area contributed by atoms with Gasteiger partial charge in [-0.15, -0.1) is 0 Å². The molecule has 0 atom stereocenters. The van der Waals surface area contributed by atoms with Gasteiger partial charge in [0, 0.05) is 25.0 Å². The third kappa shape index (κ3) is 5.47. The molecule has 29 heavy (non-hydrogen) atoms. The lowest BCUT2D eigenvalue weighted by atomic mass is 10.1. The standard InChI is InChI=1S/C25H34N4/c1-26-20-28-25(27-2)29-23-18-13-11-9-7-5-3-4-6-8-10-12-16-21(23)22-17-14-15-19-24(22)29/h12-20H,3-11H2,1-2H3,(H,26,27,28)/b16-12-,18-13-. The summed E-state index contributed by atoms with van der Waals surface area (Å²) < 4.78 is 2.21. The highest BCUT2D eigenvalue weighted by molar-refractivity contribution is 6.03. The second-order valence-corrected chi connectivity index (χ2v) is 7.58. The number of nitrogens with zero attached hydrogens (tertiary/aromatic N) is 3. The Morgan fingerprint density at radius 3 is 2.28 bits per heavy atom. The third-order valence-electron chi connectivity index (χ3n) is 5.48. The summed E-state index contributed by atoms with van der Waals surface area (Å²) in [5.74, 6) is 0.781. The second kappa shape index (κ2) is 11.4. The Balaban J connectivity index is 2.12. The van der Waals surface area contributed by atoms with E-state index in [9.17, 15) is 0 Å². The van der Waals surface area contributed by atoms with E-state index < -0.39 is 0 Å². The van der Waals surface area contributed by atoms with Gasteiger partial charge in [-0.05, 0) is 37.8 Å². The van der Waals surface area contributed by atoms with Gasteiger partial charge in [-0.1, -0.05) is 68.5 Å². The summed E-state index contributed by atoms with van der Waals surface area (Å²) in [6.07, 6.45) is 22.4. The first-order chi connectivity index (χ1) is 14.4. The van der Waals surface area contributed by atoms with E-state index in [0.29, 0.717) is 0 Å². The largest absolute Gasteiger partial charge is 0.358 e. The molecular formula is C25H34N4. The molecule has 1 aromatic carbocycles. The van der Waals surface area contributed by atoms with Crippen molar-refractivity contribution in [1.82, 2.24) is 9.88 Å². The van der Waals surface area contributed by atoms with E-state index in [1.807, 2.05) is 7.05 Å². The Morgan fingerprint density at radius 1 is 0.931 bits per heavy atom. The topological polar surface area (TPSA) is 41.7 Å². The van der Waals surface area contributed by atoms with Crippen LogP contribution in [0.3, 0.4) is 0 Å². The molecule has 0 aliphatic heterocycles. The number of hydrogen-bond donors (Lipinski definition) is 1. The van der Waals surface area contributed by atoms with Gasteiger partial charge in [0.1, 0.15) is 6.34 Å². The van der Waals surface area contributed by atoms with Crippen molar-refractivity contribution < 1.29 is 0 Å². The molecule has 0 fully saturated rings. The van der Waals surface area contributed by atoms with Crippen LogP contribution in [0.2, 0.25) is 0 Å². The summed E-state index contributed by atoms with van der Waals surface area (Å²) in [5, 5.41) is 4.51. The SMILES string of the molecule is C/N=C\N=C(/NC)n1c2c(c3ccccc31)/C=C\CCCCCCCCC/C=C\2. The van der Waals surface area contributed by atoms with Crippen molar-refractivity contribution in [3.63, 3.8) is 0 Å². The minimum atomic E-state index is 0.781. The zero-order chi connectivity index (χ0) is 20.3. The molecule has 3 rings (SSSR count). The number of nitrogens with one attached hydrogen (secondary N) is 1. The zero-order valence-corrected chi connectivity index (χ0v) is 17.9. The molecular weight excluding hydrogens is 356 g/mol.